The third-order valence-corrected chi connectivity index (χ3v) is 4.25. The molecule has 1 aromatic carbocycles. The summed E-state index contributed by atoms with van der Waals surface area (Å²) in [5.41, 5.74) is 1.00. The fourth-order valence-electron chi connectivity index (χ4n) is 3.07. The number of benzene rings is 1. The molecule has 2 N–H and O–H groups in total. The van der Waals surface area contributed by atoms with E-state index in [1.165, 1.54) is 0 Å². The third kappa shape index (κ3) is 2.31. The van der Waals surface area contributed by atoms with Gasteiger partial charge in [0.1, 0.15) is 0 Å². The van der Waals surface area contributed by atoms with E-state index >= 15 is 0 Å². The molecule has 1 aliphatic rings. The highest BCUT2D eigenvalue weighted by molar-refractivity contribution is 6.06. The molecule has 0 aliphatic heterocycles. The van der Waals surface area contributed by atoms with Crippen molar-refractivity contribution < 1.29 is 9.90 Å². The van der Waals surface area contributed by atoms with Crippen molar-refractivity contribution in [2.75, 3.05) is 6.54 Å². The van der Waals surface area contributed by atoms with E-state index in [4.69, 9.17) is 0 Å². The summed E-state index contributed by atoms with van der Waals surface area (Å²) in [7, 11) is 1.93. The van der Waals surface area contributed by atoms with Crippen molar-refractivity contribution in [1.29, 1.82) is 0 Å². The Morgan fingerprint density at radius 1 is 1.35 bits per heavy atom. The fourth-order valence-corrected chi connectivity index (χ4v) is 3.07. The van der Waals surface area contributed by atoms with Crippen LogP contribution in [0.4, 0.5) is 0 Å². The Morgan fingerprint density at radius 2 is 2.05 bits per heavy atom. The van der Waals surface area contributed by atoms with Crippen LogP contribution in [-0.2, 0) is 7.05 Å². The highest BCUT2D eigenvalue weighted by Crippen LogP contribution is 2.29. The maximum atomic E-state index is 12.3. The number of aromatic nitrogens is 1. The first-order chi connectivity index (χ1) is 9.59. The lowest BCUT2D eigenvalue weighted by atomic mass is 10.0. The van der Waals surface area contributed by atoms with E-state index in [1.54, 1.807) is 0 Å². The second-order valence-electron chi connectivity index (χ2n) is 5.78. The molecule has 1 amide bonds. The summed E-state index contributed by atoms with van der Waals surface area (Å²) in [6.07, 6.45) is 5.49. The van der Waals surface area contributed by atoms with Gasteiger partial charge in [0, 0.05) is 30.7 Å². The Balaban J connectivity index is 1.79. The molecule has 4 heteroatoms. The fraction of sp³-hybridized carbons (Fsp3) is 0.438. The third-order valence-electron chi connectivity index (χ3n) is 4.25. The number of nitrogens with one attached hydrogen (secondary N) is 1. The number of carbonyl (C=O) groups is 1. The van der Waals surface area contributed by atoms with Crippen molar-refractivity contribution >= 4 is 16.8 Å². The largest absolute Gasteiger partial charge is 0.388 e. The molecular weight excluding hydrogens is 252 g/mol. The number of hydrogen-bond donors (Lipinski definition) is 2. The number of amides is 1. The van der Waals surface area contributed by atoms with Crippen molar-refractivity contribution in [3.63, 3.8) is 0 Å². The van der Waals surface area contributed by atoms with Gasteiger partial charge in [0.2, 0.25) is 0 Å². The summed E-state index contributed by atoms with van der Waals surface area (Å²) in [4.78, 5) is 12.3. The van der Waals surface area contributed by atoms with Crippen molar-refractivity contribution in [3.8, 4) is 0 Å². The predicted molar refractivity (Wildman–Crippen MR) is 78.7 cm³/mol. The normalized spacial score (nSPS) is 17.5. The summed E-state index contributed by atoms with van der Waals surface area (Å²) in [5.74, 6) is -0.109. The van der Waals surface area contributed by atoms with Crippen LogP contribution < -0.4 is 5.32 Å². The standard InChI is InChI=1S/C16H20N2O2/c1-18-10-13(12-6-2-3-7-14(12)18)15(19)17-11-16(20)8-4-5-9-16/h2-3,6-7,10,20H,4-5,8-9,11H2,1H3,(H,17,19). The molecule has 1 fully saturated rings. The second kappa shape index (κ2) is 4.94. The zero-order valence-corrected chi connectivity index (χ0v) is 11.7. The summed E-state index contributed by atoms with van der Waals surface area (Å²) in [6, 6.07) is 7.85. The summed E-state index contributed by atoms with van der Waals surface area (Å²) >= 11 is 0. The first-order valence-corrected chi connectivity index (χ1v) is 7.14. The van der Waals surface area contributed by atoms with Crippen LogP contribution in [0.2, 0.25) is 0 Å². The minimum Gasteiger partial charge on any atom is -0.388 e. The van der Waals surface area contributed by atoms with E-state index in [-0.39, 0.29) is 5.91 Å². The van der Waals surface area contributed by atoms with Crippen LogP contribution in [0.15, 0.2) is 30.5 Å². The van der Waals surface area contributed by atoms with Crippen LogP contribution >= 0.6 is 0 Å². The zero-order valence-electron chi connectivity index (χ0n) is 11.7. The lowest BCUT2D eigenvalue weighted by molar-refractivity contribution is 0.0450. The molecule has 4 nitrogen and oxygen atoms in total. The molecule has 3 rings (SSSR count). The van der Waals surface area contributed by atoms with Gasteiger partial charge in [-0.1, -0.05) is 31.0 Å². The van der Waals surface area contributed by atoms with Crippen LogP contribution in [0.5, 0.6) is 0 Å². The number of carbonyl (C=O) groups excluding carboxylic acids is 1. The van der Waals surface area contributed by atoms with Crippen LogP contribution in [0, 0.1) is 0 Å². The van der Waals surface area contributed by atoms with Gasteiger partial charge in [-0.05, 0) is 18.9 Å². The van der Waals surface area contributed by atoms with E-state index < -0.39 is 5.60 Å². The Labute approximate surface area is 118 Å². The van der Waals surface area contributed by atoms with Crippen LogP contribution in [0.3, 0.4) is 0 Å². The van der Waals surface area contributed by atoms with E-state index in [0.29, 0.717) is 12.1 Å². The Bertz CT molecular complexity index is 639. The highest BCUT2D eigenvalue weighted by atomic mass is 16.3. The number of nitrogens with zero attached hydrogens (tertiary/aromatic N) is 1. The second-order valence-corrected chi connectivity index (χ2v) is 5.78. The topological polar surface area (TPSA) is 54.3 Å². The monoisotopic (exact) mass is 272 g/mol. The molecule has 0 saturated heterocycles. The predicted octanol–water partition coefficient (Wildman–Crippen LogP) is 2.21. The number of aliphatic hydroxyl groups is 1. The van der Waals surface area contributed by atoms with E-state index in [2.05, 4.69) is 5.32 Å². The van der Waals surface area contributed by atoms with Gasteiger partial charge in [-0.3, -0.25) is 4.79 Å². The number of fused-ring (bicyclic) bond motifs is 1. The number of rotatable bonds is 3. The molecular formula is C16H20N2O2. The molecule has 1 heterocycles. The summed E-state index contributed by atoms with van der Waals surface area (Å²) in [5, 5.41) is 14.1. The van der Waals surface area contributed by atoms with Gasteiger partial charge in [0.05, 0.1) is 11.2 Å². The molecule has 0 bridgehead atoms. The van der Waals surface area contributed by atoms with E-state index in [1.807, 2.05) is 42.1 Å². The zero-order chi connectivity index (χ0) is 14.2. The van der Waals surface area contributed by atoms with Crippen molar-refractivity contribution in [2.45, 2.75) is 31.3 Å². The van der Waals surface area contributed by atoms with Gasteiger partial charge in [-0.25, -0.2) is 0 Å². The molecule has 2 aromatic rings. The Morgan fingerprint density at radius 3 is 2.80 bits per heavy atom. The molecule has 1 aliphatic carbocycles. The van der Waals surface area contributed by atoms with Crippen LogP contribution in [0.1, 0.15) is 36.0 Å². The average Bonchev–Trinajstić information content (AvgIpc) is 3.02. The average molecular weight is 272 g/mol. The van der Waals surface area contributed by atoms with Gasteiger partial charge in [-0.2, -0.15) is 0 Å². The lowest BCUT2D eigenvalue weighted by Crippen LogP contribution is -2.40. The van der Waals surface area contributed by atoms with Crippen molar-refractivity contribution in [3.05, 3.63) is 36.0 Å². The maximum absolute atomic E-state index is 12.3. The first-order valence-electron chi connectivity index (χ1n) is 7.14. The van der Waals surface area contributed by atoms with Crippen molar-refractivity contribution in [1.82, 2.24) is 9.88 Å². The smallest absolute Gasteiger partial charge is 0.253 e. The minimum atomic E-state index is -0.708. The molecule has 0 spiro atoms. The molecule has 20 heavy (non-hydrogen) atoms. The van der Waals surface area contributed by atoms with Gasteiger partial charge in [0.25, 0.3) is 5.91 Å². The van der Waals surface area contributed by atoms with E-state index in [0.717, 1.165) is 36.6 Å². The Hall–Kier alpha value is -1.81. The van der Waals surface area contributed by atoms with Gasteiger partial charge in [-0.15, -0.1) is 0 Å². The molecule has 0 radical (unpaired) electrons. The molecule has 0 unspecified atom stereocenters. The summed E-state index contributed by atoms with van der Waals surface area (Å²) < 4.78 is 1.95. The molecule has 1 aromatic heterocycles. The lowest BCUT2D eigenvalue weighted by Gasteiger charge is -2.22. The first kappa shape index (κ1) is 13.2. The van der Waals surface area contributed by atoms with Crippen LogP contribution in [0.25, 0.3) is 10.9 Å². The Kier molecular flexibility index (Phi) is 3.26. The van der Waals surface area contributed by atoms with Crippen LogP contribution in [-0.4, -0.2) is 27.7 Å². The van der Waals surface area contributed by atoms with Gasteiger partial charge < -0.3 is 15.0 Å². The SMILES string of the molecule is Cn1cc(C(=O)NCC2(O)CCCC2)c2ccccc21. The van der Waals surface area contributed by atoms with E-state index in [9.17, 15) is 9.90 Å². The highest BCUT2D eigenvalue weighted by Gasteiger charge is 2.31. The summed E-state index contributed by atoms with van der Waals surface area (Å²) in [6.45, 7) is 0.342. The minimum absolute atomic E-state index is 0.109. The number of para-hydroxylation sites is 1. The van der Waals surface area contributed by atoms with Gasteiger partial charge in [0.15, 0.2) is 0 Å². The quantitative estimate of drug-likeness (QED) is 0.900. The number of aryl methyl sites for hydroxylation is 1. The molecule has 1 saturated carbocycles. The van der Waals surface area contributed by atoms with Gasteiger partial charge >= 0.3 is 0 Å². The molecule has 0 atom stereocenters. The number of hydrogen-bond acceptors (Lipinski definition) is 2. The maximum Gasteiger partial charge on any atom is 0.253 e. The molecule has 106 valence electrons. The van der Waals surface area contributed by atoms with Crippen molar-refractivity contribution in [2.24, 2.45) is 7.05 Å².